The molecular weight excluding hydrogens is 236 g/mol. The summed E-state index contributed by atoms with van der Waals surface area (Å²) in [6, 6.07) is 14.4. The van der Waals surface area contributed by atoms with Gasteiger partial charge < -0.3 is 10.2 Å². The molecule has 3 heteroatoms. The minimum atomic E-state index is 0.137. The largest absolute Gasteiger partial charge is 0.376 e. The molecule has 2 aromatic rings. The van der Waals surface area contributed by atoms with Crippen molar-refractivity contribution in [3.8, 4) is 0 Å². The molecular formula is C16H20N2O. The molecule has 0 aromatic heterocycles. The van der Waals surface area contributed by atoms with E-state index in [9.17, 15) is 4.79 Å². The molecule has 0 fully saturated rings. The van der Waals surface area contributed by atoms with Crippen molar-refractivity contribution >= 4 is 22.4 Å². The second kappa shape index (κ2) is 6.23. The van der Waals surface area contributed by atoms with E-state index in [-0.39, 0.29) is 5.91 Å². The zero-order valence-corrected chi connectivity index (χ0v) is 11.5. The molecule has 0 unspecified atom stereocenters. The lowest BCUT2D eigenvalue weighted by Gasteiger charge is -2.19. The lowest BCUT2D eigenvalue weighted by molar-refractivity contribution is -0.128. The standard InChI is InChI=1S/C16H20N2O/c1-3-18(4-2)16(19)12-17-15-10-9-13-7-5-6-8-14(13)11-15/h5-11,17H,3-4,12H2,1-2H3. The van der Waals surface area contributed by atoms with Crippen LogP contribution in [-0.2, 0) is 4.79 Å². The summed E-state index contributed by atoms with van der Waals surface area (Å²) in [5.74, 6) is 0.137. The molecule has 0 radical (unpaired) electrons. The Hall–Kier alpha value is -2.03. The number of likely N-dealkylation sites (N-methyl/N-ethyl adjacent to an activating group) is 1. The molecule has 0 heterocycles. The average Bonchev–Trinajstić information content (AvgIpc) is 2.46. The fourth-order valence-corrected chi connectivity index (χ4v) is 2.17. The zero-order valence-electron chi connectivity index (χ0n) is 11.5. The molecule has 0 saturated heterocycles. The van der Waals surface area contributed by atoms with Gasteiger partial charge in [-0.2, -0.15) is 0 Å². The van der Waals surface area contributed by atoms with Gasteiger partial charge in [0.1, 0.15) is 0 Å². The highest BCUT2D eigenvalue weighted by Crippen LogP contribution is 2.18. The quantitative estimate of drug-likeness (QED) is 0.891. The van der Waals surface area contributed by atoms with Gasteiger partial charge in [-0.25, -0.2) is 0 Å². The fourth-order valence-electron chi connectivity index (χ4n) is 2.17. The Morgan fingerprint density at radius 1 is 1.05 bits per heavy atom. The zero-order chi connectivity index (χ0) is 13.7. The summed E-state index contributed by atoms with van der Waals surface area (Å²) >= 11 is 0. The minimum absolute atomic E-state index is 0.137. The molecule has 0 aliphatic carbocycles. The maximum Gasteiger partial charge on any atom is 0.241 e. The number of nitrogens with zero attached hydrogens (tertiary/aromatic N) is 1. The first kappa shape index (κ1) is 13.4. The van der Waals surface area contributed by atoms with Gasteiger partial charge in [0, 0.05) is 18.8 Å². The Bertz CT molecular complexity index is 561. The first-order valence-corrected chi connectivity index (χ1v) is 6.75. The van der Waals surface area contributed by atoms with Crippen molar-refractivity contribution in [2.24, 2.45) is 0 Å². The van der Waals surface area contributed by atoms with Gasteiger partial charge in [0.15, 0.2) is 0 Å². The summed E-state index contributed by atoms with van der Waals surface area (Å²) in [4.78, 5) is 13.7. The van der Waals surface area contributed by atoms with Crippen molar-refractivity contribution in [1.29, 1.82) is 0 Å². The van der Waals surface area contributed by atoms with Crippen LogP contribution in [-0.4, -0.2) is 30.4 Å². The van der Waals surface area contributed by atoms with E-state index in [0.717, 1.165) is 18.8 Å². The minimum Gasteiger partial charge on any atom is -0.376 e. The van der Waals surface area contributed by atoms with Crippen LogP contribution in [0.1, 0.15) is 13.8 Å². The van der Waals surface area contributed by atoms with Crippen LogP contribution < -0.4 is 5.32 Å². The second-order valence-corrected chi connectivity index (χ2v) is 4.48. The Morgan fingerprint density at radius 2 is 1.74 bits per heavy atom. The number of carbonyl (C=O) groups excluding carboxylic acids is 1. The summed E-state index contributed by atoms with van der Waals surface area (Å²) in [7, 11) is 0. The van der Waals surface area contributed by atoms with Crippen LogP contribution in [0, 0.1) is 0 Å². The maximum atomic E-state index is 11.9. The van der Waals surface area contributed by atoms with Crippen LogP contribution >= 0.6 is 0 Å². The number of carbonyl (C=O) groups is 1. The van der Waals surface area contributed by atoms with Gasteiger partial charge in [-0.15, -0.1) is 0 Å². The van der Waals surface area contributed by atoms with Gasteiger partial charge in [0.05, 0.1) is 6.54 Å². The van der Waals surface area contributed by atoms with Crippen molar-refractivity contribution < 1.29 is 4.79 Å². The van der Waals surface area contributed by atoms with Crippen LogP contribution in [0.2, 0.25) is 0 Å². The number of rotatable bonds is 5. The van der Waals surface area contributed by atoms with E-state index >= 15 is 0 Å². The van der Waals surface area contributed by atoms with E-state index in [1.807, 2.05) is 36.9 Å². The summed E-state index contributed by atoms with van der Waals surface area (Å²) in [6.07, 6.45) is 0. The molecule has 0 bridgehead atoms. The third-order valence-electron chi connectivity index (χ3n) is 3.31. The van der Waals surface area contributed by atoms with Crippen molar-refractivity contribution in [3.63, 3.8) is 0 Å². The highest BCUT2D eigenvalue weighted by molar-refractivity contribution is 5.87. The molecule has 2 rings (SSSR count). The summed E-state index contributed by atoms with van der Waals surface area (Å²) in [5.41, 5.74) is 0.985. The topological polar surface area (TPSA) is 32.3 Å². The highest BCUT2D eigenvalue weighted by atomic mass is 16.2. The molecule has 0 saturated carbocycles. The lowest BCUT2D eigenvalue weighted by Crippen LogP contribution is -2.35. The van der Waals surface area contributed by atoms with Crippen molar-refractivity contribution in [2.45, 2.75) is 13.8 Å². The summed E-state index contributed by atoms with van der Waals surface area (Å²) in [6.45, 7) is 5.86. The van der Waals surface area contributed by atoms with Crippen molar-refractivity contribution in [2.75, 3.05) is 25.0 Å². The molecule has 3 nitrogen and oxygen atoms in total. The Morgan fingerprint density at radius 3 is 2.42 bits per heavy atom. The summed E-state index contributed by atoms with van der Waals surface area (Å²) in [5, 5.41) is 5.59. The number of benzene rings is 2. The number of anilines is 1. The Balaban J connectivity index is 2.03. The summed E-state index contributed by atoms with van der Waals surface area (Å²) < 4.78 is 0. The van der Waals surface area contributed by atoms with Crippen LogP contribution in [0.5, 0.6) is 0 Å². The lowest BCUT2D eigenvalue weighted by atomic mass is 10.1. The number of hydrogen-bond acceptors (Lipinski definition) is 2. The van der Waals surface area contributed by atoms with E-state index < -0.39 is 0 Å². The molecule has 0 aliphatic rings. The number of amides is 1. The number of nitrogens with one attached hydrogen (secondary N) is 1. The van der Waals surface area contributed by atoms with E-state index in [2.05, 4.69) is 29.6 Å². The van der Waals surface area contributed by atoms with Gasteiger partial charge in [0.25, 0.3) is 0 Å². The molecule has 100 valence electrons. The second-order valence-electron chi connectivity index (χ2n) is 4.48. The molecule has 19 heavy (non-hydrogen) atoms. The van der Waals surface area contributed by atoms with E-state index in [0.29, 0.717) is 6.54 Å². The normalized spacial score (nSPS) is 10.4. The first-order valence-electron chi connectivity index (χ1n) is 6.75. The predicted octanol–water partition coefficient (Wildman–Crippen LogP) is 3.12. The van der Waals surface area contributed by atoms with Crippen molar-refractivity contribution in [1.82, 2.24) is 4.90 Å². The average molecular weight is 256 g/mol. The van der Waals surface area contributed by atoms with Gasteiger partial charge in [0.2, 0.25) is 5.91 Å². The third kappa shape index (κ3) is 3.25. The number of hydrogen-bond donors (Lipinski definition) is 1. The molecule has 1 amide bonds. The first-order chi connectivity index (χ1) is 9.24. The van der Waals surface area contributed by atoms with E-state index in [1.54, 1.807) is 0 Å². The van der Waals surface area contributed by atoms with Gasteiger partial charge in [-0.1, -0.05) is 30.3 Å². The molecule has 2 aromatic carbocycles. The third-order valence-corrected chi connectivity index (χ3v) is 3.31. The van der Waals surface area contributed by atoms with Crippen LogP contribution in [0.3, 0.4) is 0 Å². The molecule has 0 aliphatic heterocycles. The van der Waals surface area contributed by atoms with Crippen LogP contribution in [0.15, 0.2) is 42.5 Å². The monoisotopic (exact) mass is 256 g/mol. The van der Waals surface area contributed by atoms with Crippen LogP contribution in [0.4, 0.5) is 5.69 Å². The Kier molecular flexibility index (Phi) is 4.39. The maximum absolute atomic E-state index is 11.9. The Labute approximate surface area is 114 Å². The van der Waals surface area contributed by atoms with Gasteiger partial charge in [-0.3, -0.25) is 4.79 Å². The SMILES string of the molecule is CCN(CC)C(=O)CNc1ccc2ccccc2c1. The van der Waals surface area contributed by atoms with E-state index in [4.69, 9.17) is 0 Å². The molecule has 1 N–H and O–H groups in total. The molecule has 0 spiro atoms. The highest BCUT2D eigenvalue weighted by Gasteiger charge is 2.08. The van der Waals surface area contributed by atoms with E-state index in [1.165, 1.54) is 10.8 Å². The number of fused-ring (bicyclic) bond motifs is 1. The molecule has 0 atom stereocenters. The fraction of sp³-hybridized carbons (Fsp3) is 0.312. The van der Waals surface area contributed by atoms with Crippen LogP contribution in [0.25, 0.3) is 10.8 Å². The smallest absolute Gasteiger partial charge is 0.241 e. The predicted molar refractivity (Wildman–Crippen MR) is 80.4 cm³/mol. The van der Waals surface area contributed by atoms with Gasteiger partial charge >= 0.3 is 0 Å². The van der Waals surface area contributed by atoms with Gasteiger partial charge in [-0.05, 0) is 36.8 Å². The van der Waals surface area contributed by atoms with Crippen molar-refractivity contribution in [3.05, 3.63) is 42.5 Å².